The highest BCUT2D eigenvalue weighted by molar-refractivity contribution is 5.67. The number of aliphatic carboxylic acids is 1. The van der Waals surface area contributed by atoms with Crippen LogP contribution in [0.1, 0.15) is 68.9 Å². The first kappa shape index (κ1) is 14.1. The second-order valence-corrected chi connectivity index (χ2v) is 6.15. The molecule has 2 heteroatoms. The van der Waals surface area contributed by atoms with Crippen molar-refractivity contribution in [3.8, 4) is 0 Å². The third-order valence-electron chi connectivity index (χ3n) is 4.32. The Balaban J connectivity index is 2.02. The van der Waals surface area contributed by atoms with Gasteiger partial charge in [0.05, 0.1) is 0 Å². The summed E-state index contributed by atoms with van der Waals surface area (Å²) < 4.78 is 0. The fraction of sp³-hybridized carbons (Fsp3) is 0.588. The SMILES string of the molecule is CC(C)c1ccc([C@@H]2CCC[C@@H](CC(=O)O)C2)cc1. The number of carbonyl (C=O) groups is 1. The molecule has 1 fully saturated rings. The summed E-state index contributed by atoms with van der Waals surface area (Å²) in [5, 5.41) is 8.92. The molecule has 1 aromatic rings. The quantitative estimate of drug-likeness (QED) is 0.861. The van der Waals surface area contributed by atoms with Crippen LogP contribution in [-0.4, -0.2) is 11.1 Å². The number of hydrogen-bond acceptors (Lipinski definition) is 1. The van der Waals surface area contributed by atoms with E-state index in [4.69, 9.17) is 5.11 Å². The lowest BCUT2D eigenvalue weighted by molar-refractivity contribution is -0.138. The number of benzene rings is 1. The lowest BCUT2D eigenvalue weighted by atomic mass is 9.76. The topological polar surface area (TPSA) is 37.3 Å². The summed E-state index contributed by atoms with van der Waals surface area (Å²) in [7, 11) is 0. The zero-order valence-electron chi connectivity index (χ0n) is 11.9. The van der Waals surface area contributed by atoms with E-state index in [0.717, 1.165) is 19.3 Å². The van der Waals surface area contributed by atoms with E-state index in [-0.39, 0.29) is 0 Å². The summed E-state index contributed by atoms with van der Waals surface area (Å²) in [5.74, 6) is 0.835. The van der Waals surface area contributed by atoms with Crippen LogP contribution in [0.2, 0.25) is 0 Å². The molecule has 0 aliphatic heterocycles. The van der Waals surface area contributed by atoms with E-state index in [9.17, 15) is 4.79 Å². The van der Waals surface area contributed by atoms with E-state index in [1.54, 1.807) is 0 Å². The fourth-order valence-corrected chi connectivity index (χ4v) is 3.18. The van der Waals surface area contributed by atoms with Gasteiger partial charge in [-0.1, -0.05) is 44.5 Å². The summed E-state index contributed by atoms with van der Waals surface area (Å²) in [4.78, 5) is 10.8. The van der Waals surface area contributed by atoms with Gasteiger partial charge in [-0.15, -0.1) is 0 Å². The molecular weight excluding hydrogens is 236 g/mol. The van der Waals surface area contributed by atoms with Gasteiger partial charge in [0.2, 0.25) is 0 Å². The van der Waals surface area contributed by atoms with Crippen LogP contribution < -0.4 is 0 Å². The van der Waals surface area contributed by atoms with Crippen LogP contribution in [0.5, 0.6) is 0 Å². The summed E-state index contributed by atoms with van der Waals surface area (Å²) in [5.41, 5.74) is 2.76. The van der Waals surface area contributed by atoms with Gasteiger partial charge in [0.1, 0.15) is 0 Å². The molecule has 0 unspecified atom stereocenters. The molecule has 0 bridgehead atoms. The van der Waals surface area contributed by atoms with Gasteiger partial charge < -0.3 is 5.11 Å². The van der Waals surface area contributed by atoms with E-state index in [2.05, 4.69) is 38.1 Å². The Hall–Kier alpha value is -1.31. The van der Waals surface area contributed by atoms with Crippen LogP contribution >= 0.6 is 0 Å². The van der Waals surface area contributed by atoms with Crippen molar-refractivity contribution < 1.29 is 9.90 Å². The Morgan fingerprint density at radius 1 is 1.26 bits per heavy atom. The van der Waals surface area contributed by atoms with Crippen molar-refractivity contribution in [2.75, 3.05) is 0 Å². The minimum Gasteiger partial charge on any atom is -0.481 e. The highest BCUT2D eigenvalue weighted by Crippen LogP contribution is 2.37. The molecule has 104 valence electrons. The first-order valence-electron chi connectivity index (χ1n) is 7.38. The predicted molar refractivity (Wildman–Crippen MR) is 77.5 cm³/mol. The number of hydrogen-bond donors (Lipinski definition) is 1. The maximum Gasteiger partial charge on any atom is 0.303 e. The molecule has 0 aromatic heterocycles. The second kappa shape index (κ2) is 6.23. The Labute approximate surface area is 115 Å². The van der Waals surface area contributed by atoms with Gasteiger partial charge in [0.15, 0.2) is 0 Å². The van der Waals surface area contributed by atoms with Crippen LogP contribution in [0.4, 0.5) is 0 Å². The van der Waals surface area contributed by atoms with E-state index in [1.807, 2.05) is 0 Å². The van der Waals surface area contributed by atoms with Crippen LogP contribution in [0.15, 0.2) is 24.3 Å². The first-order valence-corrected chi connectivity index (χ1v) is 7.38. The van der Waals surface area contributed by atoms with Crippen LogP contribution in [0, 0.1) is 5.92 Å². The van der Waals surface area contributed by atoms with Gasteiger partial charge in [-0.2, -0.15) is 0 Å². The molecule has 2 atom stereocenters. The molecule has 0 saturated heterocycles. The van der Waals surface area contributed by atoms with Gasteiger partial charge in [0, 0.05) is 6.42 Å². The summed E-state index contributed by atoms with van der Waals surface area (Å²) in [6.45, 7) is 4.41. The number of carboxylic acids is 1. The van der Waals surface area contributed by atoms with Gasteiger partial charge in [0.25, 0.3) is 0 Å². The Morgan fingerprint density at radius 2 is 1.95 bits per heavy atom. The summed E-state index contributed by atoms with van der Waals surface area (Å²) in [6.07, 6.45) is 4.81. The largest absolute Gasteiger partial charge is 0.481 e. The Bertz CT molecular complexity index is 419. The van der Waals surface area contributed by atoms with Crippen LogP contribution in [0.3, 0.4) is 0 Å². The highest BCUT2D eigenvalue weighted by Gasteiger charge is 2.24. The van der Waals surface area contributed by atoms with Gasteiger partial charge >= 0.3 is 5.97 Å². The molecule has 1 N–H and O–H groups in total. The maximum absolute atomic E-state index is 10.8. The lowest BCUT2D eigenvalue weighted by Gasteiger charge is -2.28. The average molecular weight is 260 g/mol. The van der Waals surface area contributed by atoms with Crippen molar-refractivity contribution in [3.63, 3.8) is 0 Å². The fourth-order valence-electron chi connectivity index (χ4n) is 3.18. The zero-order chi connectivity index (χ0) is 13.8. The van der Waals surface area contributed by atoms with Gasteiger partial charge in [-0.05, 0) is 48.1 Å². The standard InChI is InChI=1S/C17H24O2/c1-12(2)14-6-8-15(9-7-14)16-5-3-4-13(10-16)11-17(18)19/h6-9,12-13,16H,3-5,10-11H2,1-2H3,(H,18,19)/t13-,16-/m1/s1. The monoisotopic (exact) mass is 260 g/mol. The average Bonchev–Trinajstić information content (AvgIpc) is 2.38. The molecule has 19 heavy (non-hydrogen) atoms. The molecule has 2 nitrogen and oxygen atoms in total. The third-order valence-corrected chi connectivity index (χ3v) is 4.32. The number of rotatable bonds is 4. The van der Waals surface area contributed by atoms with Crippen molar-refractivity contribution in [1.82, 2.24) is 0 Å². The minimum atomic E-state index is -0.652. The van der Waals surface area contributed by atoms with Crippen molar-refractivity contribution in [2.45, 2.75) is 57.8 Å². The molecule has 0 radical (unpaired) electrons. The smallest absolute Gasteiger partial charge is 0.303 e. The van der Waals surface area contributed by atoms with Crippen LogP contribution in [-0.2, 0) is 4.79 Å². The molecule has 2 rings (SSSR count). The predicted octanol–water partition coefficient (Wildman–Crippen LogP) is 4.56. The molecular formula is C17H24O2. The van der Waals surface area contributed by atoms with Crippen molar-refractivity contribution >= 4 is 5.97 Å². The zero-order valence-corrected chi connectivity index (χ0v) is 11.9. The molecule has 1 aliphatic rings. The first-order chi connectivity index (χ1) is 9.06. The van der Waals surface area contributed by atoms with Crippen molar-refractivity contribution in [1.29, 1.82) is 0 Å². The summed E-state index contributed by atoms with van der Waals surface area (Å²) >= 11 is 0. The van der Waals surface area contributed by atoms with Crippen molar-refractivity contribution in [2.24, 2.45) is 5.92 Å². The Morgan fingerprint density at radius 3 is 2.53 bits per heavy atom. The number of carboxylic acid groups (broad SMARTS) is 1. The Kier molecular flexibility index (Phi) is 4.62. The second-order valence-electron chi connectivity index (χ2n) is 6.15. The molecule has 1 saturated carbocycles. The normalized spacial score (nSPS) is 23.5. The molecule has 0 spiro atoms. The van der Waals surface area contributed by atoms with Gasteiger partial charge in [-0.25, -0.2) is 0 Å². The third kappa shape index (κ3) is 3.82. The molecule has 0 amide bonds. The highest BCUT2D eigenvalue weighted by atomic mass is 16.4. The van der Waals surface area contributed by atoms with Crippen molar-refractivity contribution in [3.05, 3.63) is 35.4 Å². The summed E-state index contributed by atoms with van der Waals surface area (Å²) in [6, 6.07) is 8.92. The van der Waals surface area contributed by atoms with E-state index >= 15 is 0 Å². The van der Waals surface area contributed by atoms with E-state index in [1.165, 1.54) is 17.5 Å². The lowest BCUT2D eigenvalue weighted by Crippen LogP contribution is -2.17. The minimum absolute atomic E-state index is 0.334. The van der Waals surface area contributed by atoms with Crippen LogP contribution in [0.25, 0.3) is 0 Å². The van der Waals surface area contributed by atoms with E-state index in [0.29, 0.717) is 24.2 Å². The molecule has 0 heterocycles. The molecule has 1 aromatic carbocycles. The maximum atomic E-state index is 10.8. The van der Waals surface area contributed by atoms with Gasteiger partial charge in [-0.3, -0.25) is 4.79 Å². The van der Waals surface area contributed by atoms with E-state index < -0.39 is 5.97 Å². The molecule has 1 aliphatic carbocycles.